The first kappa shape index (κ1) is 13.3. The van der Waals surface area contributed by atoms with Gasteiger partial charge in [-0.25, -0.2) is 9.97 Å². The van der Waals surface area contributed by atoms with E-state index in [1.165, 1.54) is 31.4 Å². The molecule has 4 nitrogen and oxygen atoms in total. The zero-order chi connectivity index (χ0) is 13.0. The highest BCUT2D eigenvalue weighted by molar-refractivity contribution is 5.36. The van der Waals surface area contributed by atoms with E-state index in [0.717, 1.165) is 18.1 Å². The van der Waals surface area contributed by atoms with Gasteiger partial charge in [0.25, 0.3) is 0 Å². The average molecular weight is 249 g/mol. The summed E-state index contributed by atoms with van der Waals surface area (Å²) in [5.74, 6) is 2.32. The summed E-state index contributed by atoms with van der Waals surface area (Å²) in [7, 11) is 3.62. The maximum atomic E-state index is 5.45. The predicted molar refractivity (Wildman–Crippen MR) is 72.8 cm³/mol. The van der Waals surface area contributed by atoms with Crippen LogP contribution in [0.5, 0.6) is 0 Å². The molecule has 1 aromatic heterocycles. The van der Waals surface area contributed by atoms with Crippen molar-refractivity contribution < 1.29 is 4.74 Å². The lowest BCUT2D eigenvalue weighted by Crippen LogP contribution is -2.11. The van der Waals surface area contributed by atoms with Gasteiger partial charge >= 0.3 is 0 Å². The van der Waals surface area contributed by atoms with Gasteiger partial charge in [0.15, 0.2) is 5.82 Å². The molecule has 1 unspecified atom stereocenters. The Hall–Kier alpha value is -1.16. The van der Waals surface area contributed by atoms with Crippen LogP contribution in [-0.4, -0.2) is 24.1 Å². The summed E-state index contributed by atoms with van der Waals surface area (Å²) in [6.45, 7) is 2.10. The van der Waals surface area contributed by atoms with Crippen LogP contribution in [0.1, 0.15) is 62.6 Å². The molecule has 18 heavy (non-hydrogen) atoms. The summed E-state index contributed by atoms with van der Waals surface area (Å²) in [5.41, 5.74) is 1.18. The maximum Gasteiger partial charge on any atom is 0.159 e. The molecule has 1 aromatic rings. The maximum absolute atomic E-state index is 5.45. The van der Waals surface area contributed by atoms with Gasteiger partial charge in [0.2, 0.25) is 0 Å². The Bertz CT molecular complexity index is 364. The fraction of sp³-hybridized carbons (Fsp3) is 0.714. The molecule has 0 aromatic carbocycles. The van der Waals surface area contributed by atoms with Crippen LogP contribution in [0.4, 0.5) is 5.82 Å². The van der Waals surface area contributed by atoms with Crippen molar-refractivity contribution in [1.29, 1.82) is 0 Å². The second-order valence-corrected chi connectivity index (χ2v) is 4.90. The van der Waals surface area contributed by atoms with Crippen molar-refractivity contribution in [1.82, 2.24) is 9.97 Å². The van der Waals surface area contributed by atoms with Crippen molar-refractivity contribution in [3.05, 3.63) is 17.6 Å². The van der Waals surface area contributed by atoms with E-state index in [1.807, 2.05) is 7.05 Å². The topological polar surface area (TPSA) is 47.0 Å². The Kier molecular flexibility index (Phi) is 4.53. The van der Waals surface area contributed by atoms with E-state index in [-0.39, 0.29) is 6.10 Å². The minimum atomic E-state index is -0.00143. The molecule has 0 bridgehead atoms. The SMILES string of the molecule is CCC(OC)c1nc(NC)cc(C2CCCC2)n1. The van der Waals surface area contributed by atoms with E-state index in [2.05, 4.69) is 23.3 Å². The standard InChI is InChI=1S/C14H23N3O/c1-4-12(18-3)14-16-11(9-13(15-2)17-14)10-7-5-6-8-10/h9-10,12H,4-8H2,1-3H3,(H,15,16,17). The van der Waals surface area contributed by atoms with Crippen molar-refractivity contribution in [3.63, 3.8) is 0 Å². The smallest absolute Gasteiger partial charge is 0.159 e. The molecular weight excluding hydrogens is 226 g/mol. The van der Waals surface area contributed by atoms with Gasteiger partial charge in [-0.2, -0.15) is 0 Å². The minimum absolute atomic E-state index is 0.00143. The van der Waals surface area contributed by atoms with Crippen LogP contribution >= 0.6 is 0 Å². The lowest BCUT2D eigenvalue weighted by Gasteiger charge is -2.16. The number of rotatable bonds is 5. The summed E-state index contributed by atoms with van der Waals surface area (Å²) in [4.78, 5) is 9.25. The molecule has 0 aliphatic heterocycles. The van der Waals surface area contributed by atoms with Gasteiger partial charge in [0.05, 0.1) is 0 Å². The molecule has 1 N–H and O–H groups in total. The van der Waals surface area contributed by atoms with E-state index >= 15 is 0 Å². The molecule has 2 rings (SSSR count). The largest absolute Gasteiger partial charge is 0.373 e. The lowest BCUT2D eigenvalue weighted by molar-refractivity contribution is 0.0924. The van der Waals surface area contributed by atoms with Gasteiger partial charge in [-0.1, -0.05) is 19.8 Å². The highest BCUT2D eigenvalue weighted by Gasteiger charge is 2.21. The number of methoxy groups -OCH3 is 1. The van der Waals surface area contributed by atoms with Gasteiger partial charge in [-0.15, -0.1) is 0 Å². The molecule has 4 heteroatoms. The molecular formula is C14H23N3O. The van der Waals surface area contributed by atoms with Gasteiger partial charge in [0, 0.05) is 31.8 Å². The summed E-state index contributed by atoms with van der Waals surface area (Å²) in [5, 5.41) is 3.13. The number of aromatic nitrogens is 2. The van der Waals surface area contributed by atoms with Crippen molar-refractivity contribution in [3.8, 4) is 0 Å². The van der Waals surface area contributed by atoms with Gasteiger partial charge in [0.1, 0.15) is 11.9 Å². The van der Waals surface area contributed by atoms with Crippen molar-refractivity contribution in [2.45, 2.75) is 51.0 Å². The molecule has 1 atom stereocenters. The van der Waals surface area contributed by atoms with Crippen molar-refractivity contribution in [2.24, 2.45) is 0 Å². The molecule has 0 saturated heterocycles. The molecule has 1 heterocycles. The Balaban J connectivity index is 2.31. The second kappa shape index (κ2) is 6.14. The third kappa shape index (κ3) is 2.80. The van der Waals surface area contributed by atoms with Crippen LogP contribution in [-0.2, 0) is 4.74 Å². The third-order valence-electron chi connectivity index (χ3n) is 3.74. The Morgan fingerprint density at radius 1 is 1.39 bits per heavy atom. The summed E-state index contributed by atoms with van der Waals surface area (Å²) in [6.07, 6.45) is 6.04. The first-order valence-electron chi connectivity index (χ1n) is 6.87. The van der Waals surface area contributed by atoms with Crippen LogP contribution in [0.2, 0.25) is 0 Å². The van der Waals surface area contributed by atoms with E-state index in [0.29, 0.717) is 5.92 Å². The molecule has 0 spiro atoms. The van der Waals surface area contributed by atoms with Crippen LogP contribution in [0, 0.1) is 0 Å². The predicted octanol–water partition coefficient (Wildman–Crippen LogP) is 3.27. The normalized spacial score (nSPS) is 17.9. The van der Waals surface area contributed by atoms with E-state index in [9.17, 15) is 0 Å². The highest BCUT2D eigenvalue weighted by Crippen LogP contribution is 2.34. The van der Waals surface area contributed by atoms with Crippen LogP contribution in [0.25, 0.3) is 0 Å². The van der Waals surface area contributed by atoms with Gasteiger partial charge in [-0.3, -0.25) is 0 Å². The third-order valence-corrected chi connectivity index (χ3v) is 3.74. The van der Waals surface area contributed by atoms with Crippen LogP contribution in [0.15, 0.2) is 6.07 Å². The van der Waals surface area contributed by atoms with Gasteiger partial charge in [-0.05, 0) is 19.3 Å². The number of anilines is 1. The summed E-state index contributed by atoms with van der Waals surface area (Å²) < 4.78 is 5.45. The zero-order valence-electron chi connectivity index (χ0n) is 11.6. The van der Waals surface area contributed by atoms with Crippen molar-refractivity contribution >= 4 is 5.82 Å². The highest BCUT2D eigenvalue weighted by atomic mass is 16.5. The fourth-order valence-corrected chi connectivity index (χ4v) is 2.64. The zero-order valence-corrected chi connectivity index (χ0v) is 11.6. The van der Waals surface area contributed by atoms with Gasteiger partial charge < -0.3 is 10.1 Å². The molecule has 100 valence electrons. The monoisotopic (exact) mass is 249 g/mol. The number of hydrogen-bond acceptors (Lipinski definition) is 4. The first-order valence-corrected chi connectivity index (χ1v) is 6.87. The van der Waals surface area contributed by atoms with Crippen LogP contribution < -0.4 is 5.32 Å². The Morgan fingerprint density at radius 2 is 2.11 bits per heavy atom. The number of ether oxygens (including phenoxy) is 1. The number of nitrogens with one attached hydrogen (secondary N) is 1. The quantitative estimate of drug-likeness (QED) is 0.870. The lowest BCUT2D eigenvalue weighted by atomic mass is 10.0. The molecule has 1 fully saturated rings. The molecule has 1 aliphatic carbocycles. The Morgan fingerprint density at radius 3 is 2.67 bits per heavy atom. The molecule has 0 radical (unpaired) electrons. The summed E-state index contributed by atoms with van der Waals surface area (Å²) >= 11 is 0. The number of nitrogens with zero attached hydrogens (tertiary/aromatic N) is 2. The van der Waals surface area contributed by atoms with Crippen LogP contribution in [0.3, 0.4) is 0 Å². The first-order chi connectivity index (χ1) is 8.78. The molecule has 1 aliphatic rings. The van der Waals surface area contributed by atoms with E-state index in [4.69, 9.17) is 9.72 Å². The molecule has 0 amide bonds. The minimum Gasteiger partial charge on any atom is -0.373 e. The average Bonchev–Trinajstić information content (AvgIpc) is 2.94. The second-order valence-electron chi connectivity index (χ2n) is 4.90. The molecule has 1 saturated carbocycles. The number of hydrogen-bond donors (Lipinski definition) is 1. The fourth-order valence-electron chi connectivity index (χ4n) is 2.64. The Labute approximate surface area is 109 Å². The van der Waals surface area contributed by atoms with E-state index in [1.54, 1.807) is 7.11 Å². The summed E-state index contributed by atoms with van der Waals surface area (Å²) in [6, 6.07) is 2.09. The van der Waals surface area contributed by atoms with E-state index < -0.39 is 0 Å². The van der Waals surface area contributed by atoms with Crippen molar-refractivity contribution in [2.75, 3.05) is 19.5 Å².